The number of nitrogens with one attached hydrogen (secondary N) is 1. The fourth-order valence-corrected chi connectivity index (χ4v) is 2.92. The highest BCUT2D eigenvalue weighted by molar-refractivity contribution is 7.89. The average Bonchev–Trinajstić information content (AvgIpc) is 2.32. The molecule has 1 aromatic rings. The summed E-state index contributed by atoms with van der Waals surface area (Å²) >= 11 is 0. The van der Waals surface area contributed by atoms with Crippen molar-refractivity contribution in [2.45, 2.75) is 24.7 Å². The van der Waals surface area contributed by atoms with E-state index in [9.17, 15) is 26.4 Å². The molecule has 0 saturated heterocycles. The fourth-order valence-electron chi connectivity index (χ4n) is 1.69. The predicted molar refractivity (Wildman–Crippen MR) is 67.5 cm³/mol. The van der Waals surface area contributed by atoms with Crippen LogP contribution in [0.25, 0.3) is 0 Å². The lowest BCUT2D eigenvalue weighted by molar-refractivity contribution is -0.138. The third-order valence-corrected chi connectivity index (χ3v) is 4.31. The monoisotopic (exact) mass is 325 g/mol. The Morgan fingerprint density at radius 2 is 1.81 bits per heavy atom. The van der Waals surface area contributed by atoms with Gasteiger partial charge in [-0.3, -0.25) is 4.79 Å². The number of carbonyl (C=O) groups is 1. The molecule has 0 fully saturated rings. The van der Waals surface area contributed by atoms with E-state index in [1.165, 1.54) is 0 Å². The predicted octanol–water partition coefficient (Wildman–Crippen LogP) is 1.88. The lowest BCUT2D eigenvalue weighted by atomic mass is 10.0. The molecule has 1 aromatic carbocycles. The molecule has 2 N–H and O–H groups in total. The van der Waals surface area contributed by atoms with Gasteiger partial charge in [-0.1, -0.05) is 13.3 Å². The van der Waals surface area contributed by atoms with Crippen molar-refractivity contribution < 1.29 is 31.5 Å². The second kappa shape index (κ2) is 6.90. The zero-order chi connectivity index (χ0) is 16.2. The van der Waals surface area contributed by atoms with Gasteiger partial charge in [-0.25, -0.2) is 26.3 Å². The first-order chi connectivity index (χ1) is 9.67. The van der Waals surface area contributed by atoms with Crippen molar-refractivity contribution in [3.8, 4) is 0 Å². The number of sulfonamides is 1. The zero-order valence-corrected chi connectivity index (χ0v) is 11.9. The van der Waals surface area contributed by atoms with Gasteiger partial charge in [0.05, 0.1) is 0 Å². The molecule has 0 aliphatic carbocycles. The second-order valence-corrected chi connectivity index (χ2v) is 6.13. The third kappa shape index (κ3) is 4.71. The van der Waals surface area contributed by atoms with Crippen molar-refractivity contribution in [1.29, 1.82) is 0 Å². The van der Waals surface area contributed by atoms with Crippen molar-refractivity contribution in [3.05, 3.63) is 29.6 Å². The number of hydrogen-bond acceptors (Lipinski definition) is 3. The largest absolute Gasteiger partial charge is 0.481 e. The Labute approximate surface area is 119 Å². The van der Waals surface area contributed by atoms with Gasteiger partial charge in [-0.2, -0.15) is 0 Å². The Hall–Kier alpha value is -1.61. The zero-order valence-electron chi connectivity index (χ0n) is 11.1. The number of rotatable bonds is 7. The van der Waals surface area contributed by atoms with Crippen LogP contribution >= 0.6 is 0 Å². The molecule has 0 aromatic heterocycles. The molecule has 1 atom stereocenters. The van der Waals surface area contributed by atoms with Crippen LogP contribution in [0.4, 0.5) is 13.2 Å². The number of halogens is 3. The summed E-state index contributed by atoms with van der Waals surface area (Å²) in [6.45, 7) is 1.36. The Morgan fingerprint density at radius 1 is 1.29 bits per heavy atom. The van der Waals surface area contributed by atoms with Crippen molar-refractivity contribution in [3.63, 3.8) is 0 Å². The summed E-state index contributed by atoms with van der Waals surface area (Å²) in [5.41, 5.74) is 0. The molecule has 0 spiro atoms. The van der Waals surface area contributed by atoms with Gasteiger partial charge in [0.2, 0.25) is 10.0 Å². The molecule has 1 unspecified atom stereocenters. The Balaban J connectivity index is 2.95. The van der Waals surface area contributed by atoms with Gasteiger partial charge in [0.1, 0.15) is 17.5 Å². The molecule has 9 heteroatoms. The maximum Gasteiger partial charge on any atom is 0.303 e. The molecule has 118 valence electrons. The molecule has 0 bridgehead atoms. The van der Waals surface area contributed by atoms with Crippen LogP contribution in [0.2, 0.25) is 0 Å². The SMILES string of the molecule is CCC(CNS(=O)(=O)c1c(F)cc(F)cc1F)CC(=O)O. The Morgan fingerprint density at radius 3 is 2.24 bits per heavy atom. The molecule has 0 heterocycles. The molecule has 0 saturated carbocycles. The van der Waals surface area contributed by atoms with E-state index in [4.69, 9.17) is 5.11 Å². The third-order valence-electron chi connectivity index (χ3n) is 2.83. The van der Waals surface area contributed by atoms with E-state index in [-0.39, 0.29) is 25.1 Å². The summed E-state index contributed by atoms with van der Waals surface area (Å²) in [7, 11) is -4.54. The highest BCUT2D eigenvalue weighted by Gasteiger charge is 2.26. The fraction of sp³-hybridized carbons (Fsp3) is 0.417. The maximum absolute atomic E-state index is 13.4. The Kier molecular flexibility index (Phi) is 5.73. The number of aliphatic carboxylic acids is 1. The maximum atomic E-state index is 13.4. The summed E-state index contributed by atoms with van der Waals surface area (Å²) in [5, 5.41) is 8.64. The smallest absolute Gasteiger partial charge is 0.303 e. The highest BCUT2D eigenvalue weighted by Crippen LogP contribution is 2.20. The number of benzene rings is 1. The molecule has 21 heavy (non-hydrogen) atoms. The minimum Gasteiger partial charge on any atom is -0.481 e. The van der Waals surface area contributed by atoms with Crippen LogP contribution in [0.15, 0.2) is 17.0 Å². The van der Waals surface area contributed by atoms with Crippen molar-refractivity contribution in [1.82, 2.24) is 4.72 Å². The quantitative estimate of drug-likeness (QED) is 0.802. The van der Waals surface area contributed by atoms with E-state index < -0.39 is 44.3 Å². The number of carboxylic acids is 1. The van der Waals surface area contributed by atoms with Crippen LogP contribution in [0, 0.1) is 23.4 Å². The van der Waals surface area contributed by atoms with Gasteiger partial charge >= 0.3 is 5.97 Å². The normalized spacial score (nSPS) is 13.1. The van der Waals surface area contributed by atoms with E-state index in [2.05, 4.69) is 0 Å². The van der Waals surface area contributed by atoms with Gasteiger partial charge in [0, 0.05) is 25.1 Å². The van der Waals surface area contributed by atoms with E-state index in [1.807, 2.05) is 4.72 Å². The van der Waals surface area contributed by atoms with Crippen molar-refractivity contribution >= 4 is 16.0 Å². The van der Waals surface area contributed by atoms with Gasteiger partial charge in [0.25, 0.3) is 0 Å². The van der Waals surface area contributed by atoms with Gasteiger partial charge in [0.15, 0.2) is 4.90 Å². The molecule has 1 rings (SSSR count). The van der Waals surface area contributed by atoms with Gasteiger partial charge in [-0.15, -0.1) is 0 Å². The number of hydrogen-bond donors (Lipinski definition) is 2. The lowest BCUT2D eigenvalue weighted by Gasteiger charge is -2.14. The Bertz CT molecular complexity index is 610. The van der Waals surface area contributed by atoms with Crippen LogP contribution in [0.1, 0.15) is 19.8 Å². The number of carboxylic acid groups (broad SMARTS) is 1. The minimum absolute atomic E-state index is 0.256. The molecule has 5 nitrogen and oxygen atoms in total. The highest BCUT2D eigenvalue weighted by atomic mass is 32.2. The van der Waals surface area contributed by atoms with Gasteiger partial charge in [-0.05, 0) is 5.92 Å². The van der Waals surface area contributed by atoms with Crippen LogP contribution in [-0.4, -0.2) is 26.0 Å². The first kappa shape index (κ1) is 17.4. The first-order valence-electron chi connectivity index (χ1n) is 6.03. The van der Waals surface area contributed by atoms with Crippen LogP contribution < -0.4 is 4.72 Å². The molecular formula is C12H14F3NO4S. The van der Waals surface area contributed by atoms with Crippen LogP contribution in [0.5, 0.6) is 0 Å². The van der Waals surface area contributed by atoms with E-state index >= 15 is 0 Å². The van der Waals surface area contributed by atoms with E-state index in [0.717, 1.165) is 0 Å². The van der Waals surface area contributed by atoms with Crippen molar-refractivity contribution in [2.75, 3.05) is 6.54 Å². The topological polar surface area (TPSA) is 83.5 Å². The van der Waals surface area contributed by atoms with E-state index in [0.29, 0.717) is 6.42 Å². The summed E-state index contributed by atoms with van der Waals surface area (Å²) in [6.07, 6.45) is 0.0800. The summed E-state index contributed by atoms with van der Waals surface area (Å²) < 4.78 is 65.2. The molecule has 0 amide bonds. The van der Waals surface area contributed by atoms with Crippen molar-refractivity contribution in [2.24, 2.45) is 5.92 Å². The standard InChI is InChI=1S/C12H14F3NO4S/c1-2-7(3-11(17)18)6-16-21(19,20)12-9(14)4-8(13)5-10(12)15/h4-5,7,16H,2-3,6H2,1H3,(H,17,18). The molecule has 0 radical (unpaired) electrons. The summed E-state index contributed by atoms with van der Waals surface area (Å²) in [5.74, 6) is -5.97. The molecular weight excluding hydrogens is 311 g/mol. The lowest BCUT2D eigenvalue weighted by Crippen LogP contribution is -2.31. The minimum atomic E-state index is -4.54. The van der Waals surface area contributed by atoms with Gasteiger partial charge < -0.3 is 5.11 Å². The first-order valence-corrected chi connectivity index (χ1v) is 7.51. The molecule has 0 aliphatic rings. The second-order valence-electron chi connectivity index (χ2n) is 4.42. The van der Waals surface area contributed by atoms with Crippen LogP contribution in [0.3, 0.4) is 0 Å². The van der Waals surface area contributed by atoms with Crippen LogP contribution in [-0.2, 0) is 14.8 Å². The summed E-state index contributed by atoms with van der Waals surface area (Å²) in [6, 6.07) is 0.512. The summed E-state index contributed by atoms with van der Waals surface area (Å²) in [4.78, 5) is 9.29. The average molecular weight is 325 g/mol. The van der Waals surface area contributed by atoms with E-state index in [1.54, 1.807) is 6.92 Å². The molecule has 0 aliphatic heterocycles.